The molecule has 0 atom stereocenters. The summed E-state index contributed by atoms with van der Waals surface area (Å²) in [7, 11) is -3.72. The molecule has 0 spiro atoms. The number of sulfonamides is 1. The van der Waals surface area contributed by atoms with Gasteiger partial charge < -0.3 is 4.90 Å². The van der Waals surface area contributed by atoms with E-state index >= 15 is 0 Å². The predicted molar refractivity (Wildman–Crippen MR) is 97.1 cm³/mol. The highest BCUT2D eigenvalue weighted by atomic mass is 35.5. The summed E-state index contributed by atoms with van der Waals surface area (Å²) in [4.78, 5) is 14.3. The molecule has 1 aliphatic heterocycles. The van der Waals surface area contributed by atoms with Gasteiger partial charge in [-0.05, 0) is 42.7 Å². The minimum atomic E-state index is -3.72. The van der Waals surface area contributed by atoms with Gasteiger partial charge in [-0.3, -0.25) is 4.79 Å². The molecule has 2 aromatic carbocycles. The van der Waals surface area contributed by atoms with E-state index < -0.39 is 10.0 Å². The zero-order valence-electron chi connectivity index (χ0n) is 13.6. The lowest BCUT2D eigenvalue weighted by atomic mass is 10.1. The van der Waals surface area contributed by atoms with Crippen molar-refractivity contribution in [3.8, 4) is 0 Å². The summed E-state index contributed by atoms with van der Waals surface area (Å²) in [5.74, 6) is -0.00619. The van der Waals surface area contributed by atoms with Crippen LogP contribution in [-0.4, -0.2) is 32.3 Å². The number of benzene rings is 2. The smallest absolute Gasteiger partial charge is 0.253 e. The van der Waals surface area contributed by atoms with E-state index in [0.29, 0.717) is 5.56 Å². The van der Waals surface area contributed by atoms with E-state index in [0.717, 1.165) is 31.5 Å². The van der Waals surface area contributed by atoms with Gasteiger partial charge in [0.25, 0.3) is 5.91 Å². The Balaban J connectivity index is 1.72. The maximum absolute atomic E-state index is 12.4. The summed E-state index contributed by atoms with van der Waals surface area (Å²) in [5.41, 5.74) is 1.30. The van der Waals surface area contributed by atoms with Gasteiger partial charge in [0.1, 0.15) is 4.90 Å². The Morgan fingerprint density at radius 3 is 2.52 bits per heavy atom. The van der Waals surface area contributed by atoms with Gasteiger partial charge in [0.2, 0.25) is 10.0 Å². The lowest BCUT2D eigenvalue weighted by Crippen LogP contribution is -2.28. The first-order valence-electron chi connectivity index (χ1n) is 8.10. The molecule has 25 heavy (non-hydrogen) atoms. The average Bonchev–Trinajstić information content (AvgIpc) is 3.14. The number of carbonyl (C=O) groups excluding carboxylic acids is 1. The van der Waals surface area contributed by atoms with Crippen LogP contribution >= 0.6 is 11.6 Å². The van der Waals surface area contributed by atoms with E-state index in [-0.39, 0.29) is 22.4 Å². The Bertz CT molecular complexity index is 877. The third-order valence-corrected chi connectivity index (χ3v) is 6.06. The molecule has 132 valence electrons. The zero-order valence-corrected chi connectivity index (χ0v) is 15.2. The summed E-state index contributed by atoms with van der Waals surface area (Å²) in [6, 6.07) is 13.3. The number of carbonyl (C=O) groups is 1. The highest BCUT2D eigenvalue weighted by molar-refractivity contribution is 7.89. The normalized spacial score (nSPS) is 14.7. The third-order valence-electron chi connectivity index (χ3n) is 4.16. The molecule has 0 unspecified atom stereocenters. The van der Waals surface area contributed by atoms with E-state index in [1.807, 2.05) is 4.90 Å². The van der Waals surface area contributed by atoms with Crippen LogP contribution in [0.25, 0.3) is 0 Å². The molecule has 1 amide bonds. The molecule has 7 heteroatoms. The lowest BCUT2D eigenvalue weighted by molar-refractivity contribution is 0.0792. The predicted octanol–water partition coefficient (Wildman–Crippen LogP) is 3.05. The quantitative estimate of drug-likeness (QED) is 0.869. The summed E-state index contributed by atoms with van der Waals surface area (Å²) >= 11 is 5.96. The van der Waals surface area contributed by atoms with Crippen LogP contribution in [0.4, 0.5) is 0 Å². The van der Waals surface area contributed by atoms with Gasteiger partial charge in [-0.2, -0.15) is 0 Å². The lowest BCUT2D eigenvalue weighted by Gasteiger charge is -2.16. The number of halogens is 1. The van der Waals surface area contributed by atoms with Crippen molar-refractivity contribution in [3.63, 3.8) is 0 Å². The van der Waals surface area contributed by atoms with Gasteiger partial charge in [-0.25, -0.2) is 13.1 Å². The summed E-state index contributed by atoms with van der Waals surface area (Å²) < 4.78 is 27.3. The summed E-state index contributed by atoms with van der Waals surface area (Å²) in [6.45, 7) is 1.65. The van der Waals surface area contributed by atoms with Gasteiger partial charge in [0, 0.05) is 25.2 Å². The molecule has 0 aromatic heterocycles. The summed E-state index contributed by atoms with van der Waals surface area (Å²) in [5, 5.41) is 0.174. The van der Waals surface area contributed by atoms with Crippen molar-refractivity contribution in [2.24, 2.45) is 0 Å². The van der Waals surface area contributed by atoms with Gasteiger partial charge in [0.05, 0.1) is 5.02 Å². The fourth-order valence-electron chi connectivity index (χ4n) is 2.84. The minimum Gasteiger partial charge on any atom is -0.339 e. The molecule has 0 radical (unpaired) electrons. The molecule has 1 fully saturated rings. The van der Waals surface area contributed by atoms with Crippen LogP contribution in [0.2, 0.25) is 5.02 Å². The fraction of sp³-hybridized carbons (Fsp3) is 0.278. The fourth-order valence-corrected chi connectivity index (χ4v) is 4.37. The van der Waals surface area contributed by atoms with E-state index in [9.17, 15) is 13.2 Å². The van der Waals surface area contributed by atoms with Crippen molar-refractivity contribution in [2.75, 3.05) is 13.1 Å². The van der Waals surface area contributed by atoms with E-state index in [2.05, 4.69) is 4.72 Å². The van der Waals surface area contributed by atoms with Crippen LogP contribution in [0.1, 0.15) is 28.8 Å². The molecule has 0 saturated carbocycles. The highest BCUT2D eigenvalue weighted by Gasteiger charge is 2.20. The second kappa shape index (κ2) is 7.56. The maximum atomic E-state index is 12.4. The second-order valence-electron chi connectivity index (χ2n) is 5.95. The van der Waals surface area contributed by atoms with Crippen LogP contribution < -0.4 is 4.72 Å². The van der Waals surface area contributed by atoms with Crippen LogP contribution in [0.15, 0.2) is 53.4 Å². The number of nitrogens with one attached hydrogen (secondary N) is 1. The van der Waals surface area contributed by atoms with Crippen LogP contribution in [0.5, 0.6) is 0 Å². The molecule has 3 rings (SSSR count). The molecule has 0 bridgehead atoms. The van der Waals surface area contributed by atoms with Crippen molar-refractivity contribution < 1.29 is 13.2 Å². The SMILES string of the molecule is O=C(c1cccc(CNS(=O)(=O)c2ccccc2Cl)c1)N1CCCC1. The molecule has 0 aliphatic carbocycles. The van der Waals surface area contributed by atoms with Gasteiger partial charge in [-0.15, -0.1) is 0 Å². The number of likely N-dealkylation sites (tertiary alicyclic amines) is 1. The van der Waals surface area contributed by atoms with E-state index in [4.69, 9.17) is 11.6 Å². The highest BCUT2D eigenvalue weighted by Crippen LogP contribution is 2.20. The molecule has 1 N–H and O–H groups in total. The number of amides is 1. The molecular formula is C18H19ClN2O3S. The van der Waals surface area contributed by atoms with Gasteiger partial charge in [0.15, 0.2) is 0 Å². The average molecular weight is 379 g/mol. The molecular weight excluding hydrogens is 360 g/mol. The van der Waals surface area contributed by atoms with Crippen molar-refractivity contribution >= 4 is 27.5 Å². The first kappa shape index (κ1) is 17.9. The molecule has 1 aliphatic rings. The maximum Gasteiger partial charge on any atom is 0.253 e. The van der Waals surface area contributed by atoms with Crippen LogP contribution in [0, 0.1) is 0 Å². The van der Waals surface area contributed by atoms with E-state index in [1.165, 1.54) is 12.1 Å². The molecule has 1 heterocycles. The van der Waals surface area contributed by atoms with Crippen molar-refractivity contribution in [1.82, 2.24) is 9.62 Å². The van der Waals surface area contributed by atoms with Crippen LogP contribution in [-0.2, 0) is 16.6 Å². The standard InChI is InChI=1S/C18H19ClN2O3S/c19-16-8-1-2-9-17(16)25(23,24)20-13-14-6-5-7-15(12-14)18(22)21-10-3-4-11-21/h1-2,5-9,12,20H,3-4,10-11,13H2. The van der Waals surface area contributed by atoms with Crippen molar-refractivity contribution in [3.05, 3.63) is 64.7 Å². The molecule has 2 aromatic rings. The number of hydrogen-bond acceptors (Lipinski definition) is 3. The van der Waals surface area contributed by atoms with Crippen LogP contribution in [0.3, 0.4) is 0 Å². The van der Waals surface area contributed by atoms with Crippen molar-refractivity contribution in [2.45, 2.75) is 24.3 Å². The zero-order chi connectivity index (χ0) is 17.9. The molecule has 5 nitrogen and oxygen atoms in total. The Labute approximate surface area is 152 Å². The Morgan fingerprint density at radius 1 is 1.08 bits per heavy atom. The van der Waals surface area contributed by atoms with Crippen molar-refractivity contribution in [1.29, 1.82) is 0 Å². The first-order valence-corrected chi connectivity index (χ1v) is 9.96. The summed E-state index contributed by atoms with van der Waals surface area (Å²) in [6.07, 6.45) is 2.06. The number of hydrogen-bond donors (Lipinski definition) is 1. The minimum absolute atomic E-state index is 0.00619. The molecule has 1 saturated heterocycles. The third kappa shape index (κ3) is 4.21. The van der Waals surface area contributed by atoms with Gasteiger partial charge in [-0.1, -0.05) is 35.9 Å². The second-order valence-corrected chi connectivity index (χ2v) is 8.10. The Morgan fingerprint density at radius 2 is 1.80 bits per heavy atom. The Hall–Kier alpha value is -1.89. The number of nitrogens with zero attached hydrogens (tertiary/aromatic N) is 1. The monoisotopic (exact) mass is 378 g/mol. The van der Waals surface area contributed by atoms with E-state index in [1.54, 1.807) is 36.4 Å². The largest absolute Gasteiger partial charge is 0.339 e. The first-order chi connectivity index (χ1) is 12.0. The topological polar surface area (TPSA) is 66.5 Å². The number of rotatable bonds is 5. The Kier molecular flexibility index (Phi) is 5.42. The van der Waals surface area contributed by atoms with Gasteiger partial charge >= 0.3 is 0 Å².